The highest BCUT2D eigenvalue weighted by Crippen LogP contribution is 1.72. The molecule has 0 aliphatic heterocycles. The van der Waals surface area contributed by atoms with Crippen molar-refractivity contribution in [2.75, 3.05) is 0 Å². The van der Waals surface area contributed by atoms with Gasteiger partial charge in [0.15, 0.2) is 6.39 Å². The van der Waals surface area contributed by atoms with Crippen LogP contribution < -0.4 is 0 Å². The molecule has 1 atom stereocenters. The minimum absolute atomic E-state index is 0. The Morgan fingerprint density at radius 2 is 2.14 bits per heavy atom. The monoisotopic (exact) mass is 137 g/mol. The maximum Gasteiger partial charge on any atom is 0.180 e. The molecule has 1 aromatic rings. The third-order valence-corrected chi connectivity index (χ3v) is 0.347. The predicted octanol–water partition coefficient (Wildman–Crippen LogP) is 0.845. The number of oxazole rings is 1. The lowest BCUT2D eigenvalue weighted by Gasteiger charge is -1.47. The summed E-state index contributed by atoms with van der Waals surface area (Å²) < 4.78 is 4.47. The number of nitrogens with zero attached hydrogens (tertiary/aromatic N) is 1. The van der Waals surface area contributed by atoms with E-state index in [1.807, 2.05) is 0 Å². The van der Waals surface area contributed by atoms with E-state index in [0.29, 0.717) is 0 Å². The molecule has 0 radical (unpaired) electrons. The van der Waals surface area contributed by atoms with Gasteiger partial charge < -0.3 is 4.42 Å². The molecule has 0 spiro atoms. The Morgan fingerprint density at radius 1 is 1.43 bits per heavy atom. The third kappa shape index (κ3) is 3.83. The summed E-state index contributed by atoms with van der Waals surface area (Å²) in [5.74, 6) is 0. The summed E-state index contributed by atoms with van der Waals surface area (Å²) in [4.78, 5) is 3.56. The highest BCUT2D eigenvalue weighted by molar-refractivity contribution is 7.59. The van der Waals surface area contributed by atoms with Crippen LogP contribution >= 0.6 is 23.4 Å². The van der Waals surface area contributed by atoms with E-state index in [9.17, 15) is 0 Å². The second-order valence-corrected chi connectivity index (χ2v) is 0.676. The van der Waals surface area contributed by atoms with E-state index in [2.05, 4.69) is 9.40 Å². The van der Waals surface area contributed by atoms with Gasteiger partial charge in [-0.3, -0.25) is 0 Å². The SMILES string of the molecule is P.S.c1cocn1. The Morgan fingerprint density at radius 3 is 2.29 bits per heavy atom. The van der Waals surface area contributed by atoms with Gasteiger partial charge in [-0.1, -0.05) is 0 Å². The molecule has 0 bridgehead atoms. The summed E-state index contributed by atoms with van der Waals surface area (Å²) in [6, 6.07) is 0. The average molecular weight is 137 g/mol. The number of aromatic nitrogens is 1. The Kier molecular flexibility index (Phi) is 8.62. The maximum absolute atomic E-state index is 4.47. The Balaban J connectivity index is 0. The molecule has 1 unspecified atom stereocenters. The fourth-order valence-electron chi connectivity index (χ4n) is 0.176. The molecule has 0 saturated heterocycles. The van der Waals surface area contributed by atoms with Crippen molar-refractivity contribution in [3.05, 3.63) is 18.9 Å². The lowest BCUT2D eigenvalue weighted by molar-refractivity contribution is 0.558. The fraction of sp³-hybridized carbons (Fsp3) is 0. The normalized spacial score (nSPS) is 5.71. The number of hydrogen-bond acceptors (Lipinski definition) is 2. The van der Waals surface area contributed by atoms with Crippen LogP contribution in [0.2, 0.25) is 0 Å². The lowest BCUT2D eigenvalue weighted by atomic mass is 11.0. The van der Waals surface area contributed by atoms with Gasteiger partial charge >= 0.3 is 0 Å². The van der Waals surface area contributed by atoms with E-state index >= 15 is 0 Å². The summed E-state index contributed by atoms with van der Waals surface area (Å²) in [6.07, 6.45) is 4.47. The zero-order valence-electron chi connectivity index (χ0n) is 3.79. The molecule has 4 heteroatoms. The largest absolute Gasteiger partial charge is 0.452 e. The molecule has 42 valence electrons. The molecule has 0 aliphatic rings. The van der Waals surface area contributed by atoms with Crippen molar-refractivity contribution in [3.63, 3.8) is 0 Å². The van der Waals surface area contributed by atoms with E-state index in [1.54, 1.807) is 6.20 Å². The molecule has 1 aromatic heterocycles. The fourth-order valence-corrected chi connectivity index (χ4v) is 0.176. The quantitative estimate of drug-likeness (QED) is 0.495. The summed E-state index contributed by atoms with van der Waals surface area (Å²) >= 11 is 0. The standard InChI is InChI=1S/C3H3NO.H3P.H2S/c1-2-5-3-4-1;;/h1-3H;1H3;1H2. The van der Waals surface area contributed by atoms with Gasteiger partial charge in [-0.05, 0) is 0 Å². The van der Waals surface area contributed by atoms with Gasteiger partial charge in [-0.15, -0.1) is 0 Å². The summed E-state index contributed by atoms with van der Waals surface area (Å²) in [5, 5.41) is 0. The highest BCUT2D eigenvalue weighted by Gasteiger charge is 1.59. The van der Waals surface area contributed by atoms with Gasteiger partial charge in [0.1, 0.15) is 6.26 Å². The van der Waals surface area contributed by atoms with Crippen LogP contribution in [0.5, 0.6) is 0 Å². The Labute approximate surface area is 52.4 Å². The maximum atomic E-state index is 4.47. The second kappa shape index (κ2) is 5.99. The molecule has 0 fully saturated rings. The molecule has 2 nitrogen and oxygen atoms in total. The third-order valence-electron chi connectivity index (χ3n) is 0.347. The zero-order valence-corrected chi connectivity index (χ0v) is 6.21. The van der Waals surface area contributed by atoms with Crippen LogP contribution in [-0.2, 0) is 0 Å². The summed E-state index contributed by atoms with van der Waals surface area (Å²) in [5.41, 5.74) is 0. The molecule has 1 heterocycles. The van der Waals surface area contributed by atoms with Gasteiger partial charge in [0, 0.05) is 0 Å². The summed E-state index contributed by atoms with van der Waals surface area (Å²) in [7, 11) is 0. The molecule has 0 N–H and O–H groups in total. The second-order valence-electron chi connectivity index (χ2n) is 0.676. The van der Waals surface area contributed by atoms with Crippen molar-refractivity contribution in [1.82, 2.24) is 4.98 Å². The van der Waals surface area contributed by atoms with Gasteiger partial charge in [0.05, 0.1) is 6.20 Å². The van der Waals surface area contributed by atoms with Gasteiger partial charge in [-0.2, -0.15) is 23.4 Å². The van der Waals surface area contributed by atoms with Crippen LogP contribution in [-0.4, -0.2) is 4.98 Å². The van der Waals surface area contributed by atoms with Crippen molar-refractivity contribution in [2.45, 2.75) is 0 Å². The van der Waals surface area contributed by atoms with Crippen LogP contribution in [0.1, 0.15) is 0 Å². The highest BCUT2D eigenvalue weighted by atomic mass is 32.1. The first-order valence-corrected chi connectivity index (χ1v) is 1.32. The van der Waals surface area contributed by atoms with Crippen LogP contribution in [0.15, 0.2) is 23.3 Å². The van der Waals surface area contributed by atoms with Crippen molar-refractivity contribution in [2.24, 2.45) is 0 Å². The molecular formula is C3H8NOPS. The molecule has 0 saturated carbocycles. The first-order valence-electron chi connectivity index (χ1n) is 1.32. The van der Waals surface area contributed by atoms with Crippen LogP contribution in [0.4, 0.5) is 0 Å². The average Bonchev–Trinajstić information content (AvgIpc) is 1.76. The van der Waals surface area contributed by atoms with Gasteiger partial charge in [0.25, 0.3) is 0 Å². The van der Waals surface area contributed by atoms with E-state index < -0.39 is 0 Å². The van der Waals surface area contributed by atoms with Crippen molar-refractivity contribution in [1.29, 1.82) is 0 Å². The van der Waals surface area contributed by atoms with E-state index in [0.717, 1.165) is 0 Å². The van der Waals surface area contributed by atoms with Gasteiger partial charge in [-0.25, -0.2) is 4.98 Å². The number of hydrogen-bond donors (Lipinski definition) is 0. The van der Waals surface area contributed by atoms with Crippen molar-refractivity contribution in [3.8, 4) is 0 Å². The molecule has 7 heavy (non-hydrogen) atoms. The van der Waals surface area contributed by atoms with Crippen LogP contribution in [0.25, 0.3) is 0 Å². The number of rotatable bonds is 0. The van der Waals surface area contributed by atoms with E-state index in [4.69, 9.17) is 0 Å². The minimum Gasteiger partial charge on any atom is -0.452 e. The van der Waals surface area contributed by atoms with Crippen molar-refractivity contribution >= 4 is 23.4 Å². The molecule has 0 aromatic carbocycles. The van der Waals surface area contributed by atoms with E-state index in [-0.39, 0.29) is 23.4 Å². The first kappa shape index (κ1) is 10.1. The zero-order chi connectivity index (χ0) is 3.54. The smallest absolute Gasteiger partial charge is 0.180 e. The topological polar surface area (TPSA) is 26.0 Å². The molecule has 0 amide bonds. The van der Waals surface area contributed by atoms with Crippen LogP contribution in [0.3, 0.4) is 0 Å². The predicted molar refractivity (Wildman–Crippen MR) is 38.0 cm³/mol. The summed E-state index contributed by atoms with van der Waals surface area (Å²) in [6.45, 7) is 0. The van der Waals surface area contributed by atoms with Crippen molar-refractivity contribution < 1.29 is 4.42 Å². The Bertz CT molecular complexity index is 71.4. The van der Waals surface area contributed by atoms with Crippen LogP contribution in [0, 0.1) is 0 Å². The first-order chi connectivity index (χ1) is 2.50. The minimum atomic E-state index is 0. The lowest BCUT2D eigenvalue weighted by Crippen LogP contribution is -1.38. The molecular weight excluding hydrogens is 129 g/mol. The molecule has 0 aliphatic carbocycles. The Hall–Kier alpha value is -0.0100. The van der Waals surface area contributed by atoms with E-state index in [1.165, 1.54) is 12.7 Å². The molecule has 1 rings (SSSR count). The van der Waals surface area contributed by atoms with Gasteiger partial charge in [0.2, 0.25) is 0 Å².